The molecule has 0 bridgehead atoms. The maximum absolute atomic E-state index is 11.5. The van der Waals surface area contributed by atoms with Gasteiger partial charge in [-0.1, -0.05) is 50.6 Å². The summed E-state index contributed by atoms with van der Waals surface area (Å²) in [5.41, 5.74) is 2.59. The first kappa shape index (κ1) is 19.0. The number of rotatable bonds is 7. The summed E-state index contributed by atoms with van der Waals surface area (Å²) in [6.07, 6.45) is 0. The van der Waals surface area contributed by atoms with Crippen LogP contribution in [0.15, 0.2) is 29.3 Å². The smallest absolute Gasteiger partial charge is 0.222 e. The molecule has 128 valence electrons. The van der Waals surface area contributed by atoms with Crippen LogP contribution in [0.25, 0.3) is 0 Å². The van der Waals surface area contributed by atoms with Crippen LogP contribution in [0, 0.1) is 12.8 Å². The van der Waals surface area contributed by atoms with Gasteiger partial charge >= 0.3 is 0 Å². The molecule has 0 aliphatic rings. The predicted octanol–water partition coefficient (Wildman–Crippen LogP) is 2.04. The van der Waals surface area contributed by atoms with Crippen LogP contribution >= 0.6 is 0 Å². The normalized spacial score (nSPS) is 12.9. The maximum Gasteiger partial charge on any atom is 0.222 e. The molecular formula is C18H30N4O. The van der Waals surface area contributed by atoms with Crippen molar-refractivity contribution in [2.75, 3.05) is 26.7 Å². The molecule has 0 heterocycles. The van der Waals surface area contributed by atoms with Gasteiger partial charge in [0.05, 0.1) is 0 Å². The second kappa shape index (κ2) is 9.87. The summed E-state index contributed by atoms with van der Waals surface area (Å²) in [5.74, 6) is 1.24. The van der Waals surface area contributed by atoms with Gasteiger partial charge in [0.25, 0.3) is 0 Å². The standard InChI is InChI=1S/C18H30N4O/c1-13(2)17(23)20-9-10-21-18(19-5)22-12-15(4)16-8-6-7-14(3)11-16/h6-8,11,13,15H,9-10,12H2,1-5H3,(H,20,23)(H2,19,21,22). The van der Waals surface area contributed by atoms with Gasteiger partial charge in [-0.3, -0.25) is 9.79 Å². The Balaban J connectivity index is 2.32. The molecule has 0 spiro atoms. The predicted molar refractivity (Wildman–Crippen MR) is 96.8 cm³/mol. The van der Waals surface area contributed by atoms with Gasteiger partial charge in [0.2, 0.25) is 5.91 Å². The van der Waals surface area contributed by atoms with Crippen LogP contribution in [0.4, 0.5) is 0 Å². The Hall–Kier alpha value is -2.04. The summed E-state index contributed by atoms with van der Waals surface area (Å²) in [7, 11) is 1.75. The van der Waals surface area contributed by atoms with Crippen molar-refractivity contribution >= 4 is 11.9 Å². The number of aliphatic imine (C=N–C) groups is 1. The van der Waals surface area contributed by atoms with Crippen LogP contribution in [0.2, 0.25) is 0 Å². The van der Waals surface area contributed by atoms with E-state index >= 15 is 0 Å². The third-order valence-corrected chi connectivity index (χ3v) is 3.65. The molecule has 0 saturated heterocycles. The first-order chi connectivity index (χ1) is 10.9. The minimum absolute atomic E-state index is 0.0163. The molecule has 1 aromatic rings. The largest absolute Gasteiger partial charge is 0.356 e. The number of guanidine groups is 1. The van der Waals surface area contributed by atoms with E-state index < -0.39 is 0 Å². The minimum atomic E-state index is 0.0163. The summed E-state index contributed by atoms with van der Waals surface area (Å²) >= 11 is 0. The van der Waals surface area contributed by atoms with E-state index in [1.165, 1.54) is 11.1 Å². The molecule has 5 nitrogen and oxygen atoms in total. The van der Waals surface area contributed by atoms with Gasteiger partial charge in [0.1, 0.15) is 0 Å². The highest BCUT2D eigenvalue weighted by atomic mass is 16.1. The number of carbonyl (C=O) groups excluding carboxylic acids is 1. The molecule has 0 aliphatic heterocycles. The molecule has 1 amide bonds. The van der Waals surface area contributed by atoms with Crippen molar-refractivity contribution in [2.24, 2.45) is 10.9 Å². The fourth-order valence-electron chi connectivity index (χ4n) is 2.14. The van der Waals surface area contributed by atoms with E-state index in [0.717, 1.165) is 12.5 Å². The highest BCUT2D eigenvalue weighted by Crippen LogP contribution is 2.15. The number of nitrogens with zero attached hydrogens (tertiary/aromatic N) is 1. The van der Waals surface area contributed by atoms with Gasteiger partial charge in [0, 0.05) is 32.6 Å². The average molecular weight is 318 g/mol. The van der Waals surface area contributed by atoms with Crippen molar-refractivity contribution in [1.29, 1.82) is 0 Å². The first-order valence-electron chi connectivity index (χ1n) is 8.22. The molecule has 0 aliphatic carbocycles. The minimum Gasteiger partial charge on any atom is -0.356 e. The fraction of sp³-hybridized carbons (Fsp3) is 0.556. The number of carbonyl (C=O) groups is 1. The van der Waals surface area contributed by atoms with Gasteiger partial charge < -0.3 is 16.0 Å². The van der Waals surface area contributed by atoms with Crippen LogP contribution in [0.5, 0.6) is 0 Å². The average Bonchev–Trinajstić information content (AvgIpc) is 2.53. The Bertz CT molecular complexity index is 526. The van der Waals surface area contributed by atoms with Crippen LogP contribution in [0.3, 0.4) is 0 Å². The maximum atomic E-state index is 11.5. The van der Waals surface area contributed by atoms with Gasteiger partial charge in [-0.15, -0.1) is 0 Å². The molecule has 3 N–H and O–H groups in total. The second-order valence-electron chi connectivity index (χ2n) is 6.14. The molecule has 1 rings (SSSR count). The van der Waals surface area contributed by atoms with Crippen LogP contribution in [0.1, 0.15) is 37.8 Å². The molecule has 0 aromatic heterocycles. The molecule has 1 aromatic carbocycles. The summed E-state index contributed by atoms with van der Waals surface area (Å²) in [6, 6.07) is 8.56. The van der Waals surface area contributed by atoms with E-state index in [2.05, 4.69) is 59.1 Å². The summed E-state index contributed by atoms with van der Waals surface area (Å²) < 4.78 is 0. The monoisotopic (exact) mass is 318 g/mol. The van der Waals surface area contributed by atoms with Crippen molar-refractivity contribution in [3.05, 3.63) is 35.4 Å². The van der Waals surface area contributed by atoms with E-state index in [-0.39, 0.29) is 11.8 Å². The number of benzene rings is 1. The Morgan fingerprint density at radius 3 is 2.43 bits per heavy atom. The van der Waals surface area contributed by atoms with E-state index in [1.54, 1.807) is 7.05 Å². The van der Waals surface area contributed by atoms with Crippen LogP contribution < -0.4 is 16.0 Å². The first-order valence-corrected chi connectivity index (χ1v) is 8.22. The lowest BCUT2D eigenvalue weighted by Crippen LogP contribution is -2.43. The third-order valence-electron chi connectivity index (χ3n) is 3.65. The molecule has 0 fully saturated rings. The summed E-state index contributed by atoms with van der Waals surface area (Å²) in [6.45, 7) is 10.1. The Morgan fingerprint density at radius 2 is 1.83 bits per heavy atom. The Morgan fingerprint density at radius 1 is 1.13 bits per heavy atom. The number of nitrogens with one attached hydrogen (secondary N) is 3. The van der Waals surface area contributed by atoms with Gasteiger partial charge in [0.15, 0.2) is 5.96 Å². The number of hydrogen-bond donors (Lipinski definition) is 3. The topological polar surface area (TPSA) is 65.5 Å². The zero-order valence-corrected chi connectivity index (χ0v) is 14.9. The Labute approximate surface area is 140 Å². The second-order valence-corrected chi connectivity index (χ2v) is 6.14. The van der Waals surface area contributed by atoms with Crippen molar-refractivity contribution in [1.82, 2.24) is 16.0 Å². The number of amides is 1. The molecule has 5 heteroatoms. The quantitative estimate of drug-likeness (QED) is 0.409. The van der Waals surface area contributed by atoms with Gasteiger partial charge in [-0.25, -0.2) is 0 Å². The van der Waals surface area contributed by atoms with Crippen LogP contribution in [-0.4, -0.2) is 38.5 Å². The van der Waals surface area contributed by atoms with E-state index in [0.29, 0.717) is 19.0 Å². The molecule has 1 unspecified atom stereocenters. The zero-order valence-electron chi connectivity index (χ0n) is 14.9. The molecule has 0 saturated carbocycles. The van der Waals surface area contributed by atoms with Gasteiger partial charge in [-0.05, 0) is 18.4 Å². The van der Waals surface area contributed by atoms with E-state index in [9.17, 15) is 4.79 Å². The molecular weight excluding hydrogens is 288 g/mol. The molecule has 23 heavy (non-hydrogen) atoms. The fourth-order valence-corrected chi connectivity index (χ4v) is 2.14. The zero-order chi connectivity index (χ0) is 17.2. The molecule has 1 atom stereocenters. The lowest BCUT2D eigenvalue weighted by atomic mass is 9.99. The highest BCUT2D eigenvalue weighted by Gasteiger charge is 2.07. The van der Waals surface area contributed by atoms with Crippen LogP contribution in [-0.2, 0) is 4.79 Å². The van der Waals surface area contributed by atoms with Gasteiger partial charge in [-0.2, -0.15) is 0 Å². The van der Waals surface area contributed by atoms with E-state index in [1.807, 2.05) is 13.8 Å². The lowest BCUT2D eigenvalue weighted by Gasteiger charge is -2.17. The highest BCUT2D eigenvalue weighted by molar-refractivity contribution is 5.80. The Kier molecular flexibility index (Phi) is 8.16. The van der Waals surface area contributed by atoms with Crippen molar-refractivity contribution < 1.29 is 4.79 Å². The van der Waals surface area contributed by atoms with Crippen molar-refractivity contribution in [3.63, 3.8) is 0 Å². The third kappa shape index (κ3) is 7.17. The van der Waals surface area contributed by atoms with Crippen molar-refractivity contribution in [2.45, 2.75) is 33.6 Å². The number of hydrogen-bond acceptors (Lipinski definition) is 2. The number of aryl methyl sites for hydroxylation is 1. The summed E-state index contributed by atoms with van der Waals surface area (Å²) in [4.78, 5) is 15.7. The molecule has 0 radical (unpaired) electrons. The lowest BCUT2D eigenvalue weighted by molar-refractivity contribution is -0.123. The SMILES string of the molecule is CN=C(NCCNC(=O)C(C)C)NCC(C)c1cccc(C)c1. The van der Waals surface area contributed by atoms with E-state index in [4.69, 9.17) is 0 Å². The summed E-state index contributed by atoms with van der Waals surface area (Å²) in [5, 5.41) is 9.40. The van der Waals surface area contributed by atoms with Crippen molar-refractivity contribution in [3.8, 4) is 0 Å².